The molecule has 3 nitrogen and oxygen atoms in total. The largest absolute Gasteiger partial charge is 0.336 e. The van der Waals surface area contributed by atoms with Gasteiger partial charge in [0.05, 0.1) is 0 Å². The van der Waals surface area contributed by atoms with Gasteiger partial charge in [-0.25, -0.2) is 4.39 Å². The third-order valence-electron chi connectivity index (χ3n) is 3.69. The Bertz CT molecular complexity index is 461. The van der Waals surface area contributed by atoms with E-state index in [1.807, 2.05) is 13.8 Å². The van der Waals surface area contributed by atoms with E-state index >= 15 is 0 Å². The Morgan fingerprint density at radius 2 is 2.28 bits per heavy atom. The number of rotatable bonds is 2. The molecular weight excluding hydrogens is 231 g/mol. The molecule has 1 heterocycles. The normalized spacial score (nSPS) is 23.4. The molecule has 1 amide bonds. The van der Waals surface area contributed by atoms with Crippen molar-refractivity contribution in [3.63, 3.8) is 0 Å². The number of hydrogen-bond donors (Lipinski definition) is 1. The van der Waals surface area contributed by atoms with Gasteiger partial charge in [0, 0.05) is 18.2 Å². The number of hydrogen-bond acceptors (Lipinski definition) is 2. The van der Waals surface area contributed by atoms with Crippen molar-refractivity contribution in [2.24, 2.45) is 11.7 Å². The van der Waals surface area contributed by atoms with Crippen LogP contribution in [0.4, 0.5) is 4.39 Å². The maximum absolute atomic E-state index is 13.2. The van der Waals surface area contributed by atoms with Gasteiger partial charge in [-0.15, -0.1) is 0 Å². The average Bonchev–Trinajstić information content (AvgIpc) is 2.73. The molecule has 2 N–H and O–H groups in total. The van der Waals surface area contributed by atoms with E-state index in [9.17, 15) is 9.18 Å². The number of aryl methyl sites for hydroxylation is 1. The van der Waals surface area contributed by atoms with E-state index in [0.717, 1.165) is 12.0 Å². The maximum Gasteiger partial charge on any atom is 0.254 e. The van der Waals surface area contributed by atoms with Crippen LogP contribution in [0.1, 0.15) is 29.3 Å². The molecule has 4 heteroatoms. The highest BCUT2D eigenvalue weighted by molar-refractivity contribution is 5.96. The van der Waals surface area contributed by atoms with Crippen LogP contribution < -0.4 is 5.73 Å². The molecule has 1 saturated heterocycles. The number of nitrogens with zero attached hydrogens (tertiary/aromatic N) is 1. The summed E-state index contributed by atoms with van der Waals surface area (Å²) in [6.45, 7) is 5.11. The first-order chi connectivity index (χ1) is 8.52. The minimum absolute atomic E-state index is 0.0875. The van der Waals surface area contributed by atoms with Gasteiger partial charge >= 0.3 is 0 Å². The molecule has 1 aromatic carbocycles. The van der Waals surface area contributed by atoms with Crippen molar-refractivity contribution in [3.05, 3.63) is 35.1 Å². The lowest BCUT2D eigenvalue weighted by Crippen LogP contribution is -2.34. The highest BCUT2D eigenvalue weighted by Crippen LogP contribution is 2.25. The number of amides is 1. The number of carbonyl (C=O) groups is 1. The van der Waals surface area contributed by atoms with E-state index < -0.39 is 0 Å². The van der Waals surface area contributed by atoms with Gasteiger partial charge in [0.1, 0.15) is 5.82 Å². The molecule has 2 atom stereocenters. The van der Waals surface area contributed by atoms with Crippen LogP contribution in [0.15, 0.2) is 18.2 Å². The fraction of sp³-hybridized carbons (Fsp3) is 0.500. The summed E-state index contributed by atoms with van der Waals surface area (Å²) >= 11 is 0. The van der Waals surface area contributed by atoms with E-state index in [0.29, 0.717) is 24.6 Å². The molecule has 0 aromatic heterocycles. The van der Waals surface area contributed by atoms with Gasteiger partial charge in [-0.1, -0.05) is 6.07 Å². The summed E-state index contributed by atoms with van der Waals surface area (Å²) in [5.74, 6) is -0.0977. The van der Waals surface area contributed by atoms with Gasteiger partial charge in [-0.05, 0) is 50.4 Å². The van der Waals surface area contributed by atoms with Gasteiger partial charge in [-0.3, -0.25) is 4.79 Å². The van der Waals surface area contributed by atoms with Gasteiger partial charge in [0.25, 0.3) is 5.91 Å². The van der Waals surface area contributed by atoms with Crippen molar-refractivity contribution in [3.8, 4) is 0 Å². The minimum Gasteiger partial charge on any atom is -0.336 e. The fourth-order valence-electron chi connectivity index (χ4n) is 2.58. The lowest BCUT2D eigenvalue weighted by atomic mass is 10.1. The van der Waals surface area contributed by atoms with Crippen LogP contribution in [0.5, 0.6) is 0 Å². The van der Waals surface area contributed by atoms with Crippen molar-refractivity contribution < 1.29 is 9.18 Å². The quantitative estimate of drug-likeness (QED) is 0.872. The number of likely N-dealkylation sites (tertiary alicyclic amines) is 1. The highest BCUT2D eigenvalue weighted by Gasteiger charge is 2.32. The average molecular weight is 250 g/mol. The Balaban J connectivity index is 2.24. The van der Waals surface area contributed by atoms with E-state index in [4.69, 9.17) is 5.73 Å². The smallest absolute Gasteiger partial charge is 0.254 e. The molecule has 0 bridgehead atoms. The standard InChI is InChI=1S/C14H19FN2O/c1-9-3-4-12(15)6-13(9)14(18)17-8-11(7-16)5-10(17)2/h3-4,6,10-11H,5,7-8,16H2,1-2H3. The lowest BCUT2D eigenvalue weighted by molar-refractivity contribution is 0.0742. The second-order valence-electron chi connectivity index (χ2n) is 5.10. The predicted molar refractivity (Wildman–Crippen MR) is 68.8 cm³/mol. The zero-order valence-corrected chi connectivity index (χ0v) is 10.8. The molecule has 0 saturated carbocycles. The van der Waals surface area contributed by atoms with E-state index in [1.54, 1.807) is 11.0 Å². The van der Waals surface area contributed by atoms with E-state index in [-0.39, 0.29) is 17.8 Å². The van der Waals surface area contributed by atoms with Gasteiger partial charge in [-0.2, -0.15) is 0 Å². The van der Waals surface area contributed by atoms with E-state index in [2.05, 4.69) is 0 Å². The molecule has 2 unspecified atom stereocenters. The first-order valence-corrected chi connectivity index (χ1v) is 6.30. The van der Waals surface area contributed by atoms with Crippen molar-refractivity contribution >= 4 is 5.91 Å². The zero-order valence-electron chi connectivity index (χ0n) is 10.8. The summed E-state index contributed by atoms with van der Waals surface area (Å²) in [4.78, 5) is 14.2. The van der Waals surface area contributed by atoms with Crippen molar-refractivity contribution in [1.29, 1.82) is 0 Å². The van der Waals surface area contributed by atoms with Crippen LogP contribution in [0, 0.1) is 18.7 Å². The molecule has 1 fully saturated rings. The minimum atomic E-state index is -0.369. The molecule has 98 valence electrons. The summed E-state index contributed by atoms with van der Waals surface area (Å²) < 4.78 is 13.2. The second-order valence-corrected chi connectivity index (χ2v) is 5.10. The van der Waals surface area contributed by atoms with E-state index in [1.165, 1.54) is 12.1 Å². The Kier molecular flexibility index (Phi) is 3.66. The Morgan fingerprint density at radius 3 is 2.89 bits per heavy atom. The SMILES string of the molecule is Cc1ccc(F)cc1C(=O)N1CC(CN)CC1C. The molecule has 18 heavy (non-hydrogen) atoms. The Morgan fingerprint density at radius 1 is 1.56 bits per heavy atom. The summed E-state index contributed by atoms with van der Waals surface area (Å²) in [7, 11) is 0. The van der Waals surface area contributed by atoms with Gasteiger partial charge in [0.2, 0.25) is 0 Å². The lowest BCUT2D eigenvalue weighted by Gasteiger charge is -2.22. The van der Waals surface area contributed by atoms with Crippen molar-refractivity contribution in [2.75, 3.05) is 13.1 Å². The molecule has 0 radical (unpaired) electrons. The first kappa shape index (κ1) is 13.0. The van der Waals surface area contributed by atoms with Gasteiger partial charge in [0.15, 0.2) is 0 Å². The fourth-order valence-corrected chi connectivity index (χ4v) is 2.58. The molecule has 1 aromatic rings. The summed E-state index contributed by atoms with van der Waals surface area (Å²) in [6, 6.07) is 4.51. The van der Waals surface area contributed by atoms with Gasteiger partial charge < -0.3 is 10.6 Å². The Hall–Kier alpha value is -1.42. The summed E-state index contributed by atoms with van der Waals surface area (Å²) in [5, 5.41) is 0. The van der Waals surface area contributed by atoms with Crippen molar-refractivity contribution in [1.82, 2.24) is 4.90 Å². The van der Waals surface area contributed by atoms with Crippen LogP contribution in [-0.2, 0) is 0 Å². The molecule has 1 aliphatic rings. The topological polar surface area (TPSA) is 46.3 Å². The second kappa shape index (κ2) is 5.06. The number of halogens is 1. The molecule has 0 spiro atoms. The Labute approximate surface area is 107 Å². The van der Waals surface area contributed by atoms with Crippen LogP contribution in [0.3, 0.4) is 0 Å². The number of benzene rings is 1. The maximum atomic E-state index is 13.2. The molecule has 2 rings (SSSR count). The zero-order chi connectivity index (χ0) is 13.3. The number of carbonyl (C=O) groups excluding carboxylic acids is 1. The number of nitrogens with two attached hydrogens (primary N) is 1. The summed E-state index contributed by atoms with van der Waals surface area (Å²) in [5.41, 5.74) is 6.92. The highest BCUT2D eigenvalue weighted by atomic mass is 19.1. The van der Waals surface area contributed by atoms with Crippen LogP contribution in [0.2, 0.25) is 0 Å². The monoisotopic (exact) mass is 250 g/mol. The van der Waals surface area contributed by atoms with Crippen molar-refractivity contribution in [2.45, 2.75) is 26.3 Å². The summed E-state index contributed by atoms with van der Waals surface area (Å²) in [6.07, 6.45) is 0.927. The third kappa shape index (κ3) is 2.38. The van der Waals surface area contributed by atoms with Crippen LogP contribution in [-0.4, -0.2) is 29.9 Å². The predicted octanol–water partition coefficient (Wildman–Crippen LogP) is 1.94. The first-order valence-electron chi connectivity index (χ1n) is 6.30. The molecule has 0 aliphatic carbocycles. The van der Waals surface area contributed by atoms with Crippen LogP contribution >= 0.6 is 0 Å². The third-order valence-corrected chi connectivity index (χ3v) is 3.69. The molecule has 1 aliphatic heterocycles. The molecular formula is C14H19FN2O. The van der Waals surface area contributed by atoms with Crippen LogP contribution in [0.25, 0.3) is 0 Å².